The summed E-state index contributed by atoms with van der Waals surface area (Å²) in [5, 5.41) is 7.28. The number of nitrogens with two attached hydrogens (primary N) is 1. The highest BCUT2D eigenvalue weighted by Gasteiger charge is 2.13. The molecule has 0 spiro atoms. The van der Waals surface area contributed by atoms with Crippen LogP contribution >= 0.6 is 15.9 Å². The van der Waals surface area contributed by atoms with E-state index >= 15 is 0 Å². The fraction of sp³-hybridized carbons (Fsp3) is 0.667. The van der Waals surface area contributed by atoms with Crippen molar-refractivity contribution in [1.29, 1.82) is 0 Å². The van der Waals surface area contributed by atoms with E-state index in [1.165, 1.54) is 4.68 Å². The molecule has 0 bridgehead atoms. The molecule has 6 nitrogen and oxygen atoms in total. The normalized spacial score (nSPS) is 11.9. The molecule has 1 rings (SSSR count). The number of hydrogen-bond donors (Lipinski definition) is 2. The zero-order valence-electron chi connectivity index (χ0n) is 11.9. The Balaban J connectivity index is 2.83. The zero-order valence-corrected chi connectivity index (χ0v) is 13.5. The average molecular weight is 332 g/mol. The Labute approximate surface area is 122 Å². The van der Waals surface area contributed by atoms with Crippen LogP contribution in [0.5, 0.6) is 0 Å². The number of hydrogen-bond acceptors (Lipinski definition) is 5. The van der Waals surface area contributed by atoms with Gasteiger partial charge in [-0.2, -0.15) is 5.10 Å². The second kappa shape index (κ2) is 6.49. The lowest BCUT2D eigenvalue weighted by Gasteiger charge is -2.20. The summed E-state index contributed by atoms with van der Waals surface area (Å²) in [4.78, 5) is 14.1. The Morgan fingerprint density at radius 2 is 2.16 bits per heavy atom. The molecular weight excluding hydrogens is 310 g/mol. The van der Waals surface area contributed by atoms with Gasteiger partial charge in [-0.15, -0.1) is 0 Å². The first-order chi connectivity index (χ1) is 8.70. The fourth-order valence-corrected chi connectivity index (χ4v) is 1.81. The van der Waals surface area contributed by atoms with Crippen LogP contribution in [-0.2, 0) is 6.54 Å². The van der Waals surface area contributed by atoms with Gasteiger partial charge < -0.3 is 16.0 Å². The molecule has 0 aliphatic carbocycles. The van der Waals surface area contributed by atoms with Crippen LogP contribution in [0.3, 0.4) is 0 Å². The summed E-state index contributed by atoms with van der Waals surface area (Å²) in [5.41, 5.74) is 6.08. The second-order valence-corrected chi connectivity index (χ2v) is 6.34. The first-order valence-corrected chi connectivity index (χ1v) is 6.93. The van der Waals surface area contributed by atoms with Gasteiger partial charge in [-0.05, 0) is 43.9 Å². The molecule has 1 aromatic heterocycles. The molecule has 0 aliphatic rings. The van der Waals surface area contributed by atoms with E-state index in [9.17, 15) is 4.79 Å². The molecule has 0 fully saturated rings. The zero-order chi connectivity index (χ0) is 14.6. The Hall–Kier alpha value is -0.920. The van der Waals surface area contributed by atoms with Crippen molar-refractivity contribution in [3.8, 4) is 0 Å². The van der Waals surface area contributed by atoms with Gasteiger partial charge in [-0.1, -0.05) is 0 Å². The largest absolute Gasteiger partial charge is 0.381 e. The standard InChI is InChI=1S/C12H22BrN5O/c1-12(2,14)8-15-9-7-16-18(6-5-17(3)4)11(19)10(9)13/h7,15H,5-6,8,14H2,1-4H3. The Kier molecular flexibility index (Phi) is 5.51. The first-order valence-electron chi connectivity index (χ1n) is 6.14. The van der Waals surface area contributed by atoms with E-state index in [1.54, 1.807) is 6.20 Å². The first kappa shape index (κ1) is 16.1. The predicted molar refractivity (Wildman–Crippen MR) is 81.5 cm³/mol. The number of nitrogens with zero attached hydrogens (tertiary/aromatic N) is 3. The van der Waals surface area contributed by atoms with Crippen molar-refractivity contribution in [3.63, 3.8) is 0 Å². The Morgan fingerprint density at radius 3 is 2.68 bits per heavy atom. The van der Waals surface area contributed by atoms with E-state index in [4.69, 9.17) is 5.73 Å². The van der Waals surface area contributed by atoms with Gasteiger partial charge in [0.1, 0.15) is 4.47 Å². The molecule has 3 N–H and O–H groups in total. The third-order valence-corrected chi connectivity index (χ3v) is 3.24. The van der Waals surface area contributed by atoms with Crippen molar-refractivity contribution in [2.24, 2.45) is 5.73 Å². The lowest BCUT2D eigenvalue weighted by Crippen LogP contribution is -2.40. The van der Waals surface area contributed by atoms with Crippen molar-refractivity contribution in [1.82, 2.24) is 14.7 Å². The molecular formula is C12H22BrN5O. The summed E-state index contributed by atoms with van der Waals surface area (Å²) in [6.07, 6.45) is 1.65. The number of aromatic nitrogens is 2. The summed E-state index contributed by atoms with van der Waals surface area (Å²) in [6.45, 7) is 5.72. The minimum Gasteiger partial charge on any atom is -0.381 e. The molecule has 0 amide bonds. The summed E-state index contributed by atoms with van der Waals surface area (Å²) < 4.78 is 1.94. The van der Waals surface area contributed by atoms with Crippen LogP contribution in [0.2, 0.25) is 0 Å². The van der Waals surface area contributed by atoms with E-state index in [0.29, 0.717) is 23.2 Å². The fourth-order valence-electron chi connectivity index (χ4n) is 1.37. The van der Waals surface area contributed by atoms with Gasteiger partial charge in [0.05, 0.1) is 18.4 Å². The second-order valence-electron chi connectivity index (χ2n) is 5.55. The van der Waals surface area contributed by atoms with Crippen LogP contribution in [0.25, 0.3) is 0 Å². The highest BCUT2D eigenvalue weighted by atomic mass is 79.9. The van der Waals surface area contributed by atoms with Gasteiger partial charge in [0.2, 0.25) is 0 Å². The molecule has 0 radical (unpaired) electrons. The molecule has 0 saturated carbocycles. The molecule has 0 atom stereocenters. The van der Waals surface area contributed by atoms with E-state index in [0.717, 1.165) is 6.54 Å². The maximum Gasteiger partial charge on any atom is 0.283 e. The molecule has 108 valence electrons. The van der Waals surface area contributed by atoms with Crippen LogP contribution in [0.1, 0.15) is 13.8 Å². The summed E-state index contributed by atoms with van der Waals surface area (Å²) >= 11 is 3.32. The van der Waals surface area contributed by atoms with E-state index in [2.05, 4.69) is 26.3 Å². The highest BCUT2D eigenvalue weighted by molar-refractivity contribution is 9.10. The summed E-state index contributed by atoms with van der Waals surface area (Å²) in [5.74, 6) is 0. The van der Waals surface area contributed by atoms with Crippen molar-refractivity contribution in [3.05, 3.63) is 21.0 Å². The maximum atomic E-state index is 12.1. The summed E-state index contributed by atoms with van der Waals surface area (Å²) in [6, 6.07) is 0. The van der Waals surface area contributed by atoms with Crippen molar-refractivity contribution in [2.45, 2.75) is 25.9 Å². The van der Waals surface area contributed by atoms with Crippen LogP contribution < -0.4 is 16.6 Å². The minimum absolute atomic E-state index is 0.137. The number of anilines is 1. The van der Waals surface area contributed by atoms with Gasteiger partial charge >= 0.3 is 0 Å². The third-order valence-electron chi connectivity index (χ3n) is 2.48. The molecule has 7 heteroatoms. The number of rotatable bonds is 6. The quantitative estimate of drug-likeness (QED) is 0.803. The van der Waals surface area contributed by atoms with Gasteiger partial charge in [0.25, 0.3) is 5.56 Å². The van der Waals surface area contributed by atoms with Crippen molar-refractivity contribution < 1.29 is 0 Å². The van der Waals surface area contributed by atoms with E-state index in [-0.39, 0.29) is 11.1 Å². The lowest BCUT2D eigenvalue weighted by molar-refractivity contribution is 0.367. The molecule has 19 heavy (non-hydrogen) atoms. The predicted octanol–water partition coefficient (Wildman–Crippen LogP) is 0.717. The molecule has 0 unspecified atom stereocenters. The molecule has 0 saturated heterocycles. The van der Waals surface area contributed by atoms with Gasteiger partial charge in [-0.3, -0.25) is 4.79 Å². The summed E-state index contributed by atoms with van der Waals surface area (Å²) in [7, 11) is 3.92. The van der Waals surface area contributed by atoms with Gasteiger partial charge in [-0.25, -0.2) is 4.68 Å². The third kappa shape index (κ3) is 5.30. The Morgan fingerprint density at radius 1 is 1.53 bits per heavy atom. The molecule has 1 aromatic rings. The van der Waals surface area contributed by atoms with Gasteiger partial charge in [0, 0.05) is 18.6 Å². The lowest BCUT2D eigenvalue weighted by atomic mass is 10.1. The van der Waals surface area contributed by atoms with E-state index in [1.807, 2.05) is 32.8 Å². The Bertz CT molecular complexity index is 478. The van der Waals surface area contributed by atoms with Crippen molar-refractivity contribution in [2.75, 3.05) is 32.5 Å². The average Bonchev–Trinajstić information content (AvgIpc) is 2.28. The minimum atomic E-state index is -0.348. The highest BCUT2D eigenvalue weighted by Crippen LogP contribution is 2.16. The topological polar surface area (TPSA) is 76.2 Å². The van der Waals surface area contributed by atoms with Crippen molar-refractivity contribution >= 4 is 21.6 Å². The number of nitrogens with one attached hydrogen (secondary N) is 1. The molecule has 0 aromatic carbocycles. The van der Waals surface area contributed by atoms with Crippen LogP contribution in [0.15, 0.2) is 15.5 Å². The van der Waals surface area contributed by atoms with Crippen LogP contribution in [0.4, 0.5) is 5.69 Å². The van der Waals surface area contributed by atoms with Gasteiger partial charge in [0.15, 0.2) is 0 Å². The van der Waals surface area contributed by atoms with E-state index < -0.39 is 0 Å². The van der Waals surface area contributed by atoms with Crippen LogP contribution in [0, 0.1) is 0 Å². The molecule has 1 heterocycles. The molecule has 0 aliphatic heterocycles. The smallest absolute Gasteiger partial charge is 0.283 e. The monoisotopic (exact) mass is 331 g/mol. The number of likely N-dealkylation sites (N-methyl/N-ethyl adjacent to an activating group) is 1. The SMILES string of the molecule is CN(C)CCn1ncc(NCC(C)(C)N)c(Br)c1=O. The number of halogens is 1. The van der Waals surface area contributed by atoms with Crippen LogP contribution in [-0.4, -0.2) is 47.4 Å². The maximum absolute atomic E-state index is 12.1.